The summed E-state index contributed by atoms with van der Waals surface area (Å²) in [6.07, 6.45) is 0.489. The molecule has 0 fully saturated rings. The van der Waals surface area contributed by atoms with Crippen LogP contribution in [0.25, 0.3) is 0 Å². The number of para-hydroxylation sites is 1. The molecule has 1 heterocycles. The van der Waals surface area contributed by atoms with Gasteiger partial charge in [-0.3, -0.25) is 4.79 Å². The molecule has 0 saturated carbocycles. The molecule has 0 saturated heterocycles. The summed E-state index contributed by atoms with van der Waals surface area (Å²) in [7, 11) is 0. The Morgan fingerprint density at radius 1 is 0.913 bits per heavy atom. The summed E-state index contributed by atoms with van der Waals surface area (Å²) in [6, 6.07) is 21.2. The Kier molecular flexibility index (Phi) is 5.06. The van der Waals surface area contributed by atoms with Crippen LogP contribution in [0, 0.1) is 0 Å². The normalized spacial score (nSPS) is 10.3. The fourth-order valence-corrected chi connectivity index (χ4v) is 2.84. The van der Waals surface area contributed by atoms with Crippen LogP contribution in [0.1, 0.15) is 16.1 Å². The monoisotopic (exact) mass is 323 g/mol. The van der Waals surface area contributed by atoms with Gasteiger partial charge in [0.25, 0.3) is 0 Å². The van der Waals surface area contributed by atoms with Crippen molar-refractivity contribution >= 4 is 22.8 Å². The Bertz CT molecular complexity index is 737. The number of rotatable bonds is 7. The van der Waals surface area contributed by atoms with Crippen LogP contribution in [0.4, 0.5) is 5.69 Å². The Labute approximate surface area is 139 Å². The SMILES string of the molecule is O=C(CCNc1ccc(Oc2ccccc2)cc1)c1cccs1. The molecule has 4 heteroatoms. The summed E-state index contributed by atoms with van der Waals surface area (Å²) in [5.41, 5.74) is 0.976. The minimum Gasteiger partial charge on any atom is -0.457 e. The van der Waals surface area contributed by atoms with Crippen LogP contribution >= 0.6 is 11.3 Å². The van der Waals surface area contributed by atoms with Crippen molar-refractivity contribution in [3.63, 3.8) is 0 Å². The van der Waals surface area contributed by atoms with Gasteiger partial charge in [-0.15, -0.1) is 11.3 Å². The van der Waals surface area contributed by atoms with Gasteiger partial charge in [0.1, 0.15) is 11.5 Å². The van der Waals surface area contributed by atoms with E-state index in [9.17, 15) is 4.79 Å². The molecule has 116 valence electrons. The fourth-order valence-electron chi connectivity index (χ4n) is 2.15. The van der Waals surface area contributed by atoms with Crippen molar-refractivity contribution in [2.45, 2.75) is 6.42 Å². The van der Waals surface area contributed by atoms with Crippen molar-refractivity contribution in [1.29, 1.82) is 0 Å². The predicted octanol–water partition coefficient (Wildman–Crippen LogP) is 5.23. The number of ether oxygens (including phenoxy) is 1. The predicted molar refractivity (Wildman–Crippen MR) is 94.7 cm³/mol. The number of hydrogen-bond acceptors (Lipinski definition) is 4. The van der Waals surface area contributed by atoms with Crippen LogP contribution in [0.3, 0.4) is 0 Å². The number of ketones is 1. The summed E-state index contributed by atoms with van der Waals surface area (Å²) in [6.45, 7) is 0.621. The largest absolute Gasteiger partial charge is 0.457 e. The second kappa shape index (κ2) is 7.61. The van der Waals surface area contributed by atoms with Gasteiger partial charge in [0.15, 0.2) is 5.78 Å². The molecule has 3 nitrogen and oxygen atoms in total. The number of carbonyl (C=O) groups is 1. The average Bonchev–Trinajstić information content (AvgIpc) is 3.12. The summed E-state index contributed by atoms with van der Waals surface area (Å²) >= 11 is 1.49. The zero-order valence-electron chi connectivity index (χ0n) is 12.6. The zero-order valence-corrected chi connectivity index (χ0v) is 13.4. The second-order valence-corrected chi connectivity index (χ2v) is 5.96. The molecule has 0 aliphatic rings. The average molecular weight is 323 g/mol. The lowest BCUT2D eigenvalue weighted by Crippen LogP contribution is -2.07. The first-order valence-electron chi connectivity index (χ1n) is 7.45. The van der Waals surface area contributed by atoms with E-state index in [2.05, 4.69) is 5.32 Å². The number of carbonyl (C=O) groups excluding carboxylic acids is 1. The molecule has 2 aromatic carbocycles. The van der Waals surface area contributed by atoms with Gasteiger partial charge in [-0.2, -0.15) is 0 Å². The molecule has 3 rings (SSSR count). The highest BCUT2D eigenvalue weighted by atomic mass is 32.1. The van der Waals surface area contributed by atoms with Gasteiger partial charge in [-0.1, -0.05) is 24.3 Å². The van der Waals surface area contributed by atoms with E-state index in [-0.39, 0.29) is 5.78 Å². The van der Waals surface area contributed by atoms with Crippen LogP contribution in [0.5, 0.6) is 11.5 Å². The van der Waals surface area contributed by atoms with Crippen LogP contribution in [-0.2, 0) is 0 Å². The van der Waals surface area contributed by atoms with Gasteiger partial charge in [-0.05, 0) is 47.8 Å². The van der Waals surface area contributed by atoms with Gasteiger partial charge in [0.2, 0.25) is 0 Å². The minimum atomic E-state index is 0.177. The number of Topliss-reactive ketones (excluding diaryl/α,β-unsaturated/α-hetero) is 1. The molecule has 23 heavy (non-hydrogen) atoms. The standard InChI is InChI=1S/C19H17NO2S/c21-18(19-7-4-14-23-19)12-13-20-15-8-10-17(11-9-15)22-16-5-2-1-3-6-16/h1-11,14,20H,12-13H2. The van der Waals surface area contributed by atoms with E-state index in [4.69, 9.17) is 4.74 Å². The van der Waals surface area contributed by atoms with Gasteiger partial charge < -0.3 is 10.1 Å². The van der Waals surface area contributed by atoms with Crippen LogP contribution in [0.15, 0.2) is 72.1 Å². The van der Waals surface area contributed by atoms with E-state index in [1.165, 1.54) is 11.3 Å². The van der Waals surface area contributed by atoms with Crippen LogP contribution in [-0.4, -0.2) is 12.3 Å². The van der Waals surface area contributed by atoms with Crippen molar-refractivity contribution in [3.05, 3.63) is 77.0 Å². The fraction of sp³-hybridized carbons (Fsp3) is 0.105. The Balaban J connectivity index is 1.49. The maximum atomic E-state index is 11.9. The maximum absolute atomic E-state index is 11.9. The van der Waals surface area contributed by atoms with Crippen molar-refractivity contribution in [1.82, 2.24) is 0 Å². The first-order valence-corrected chi connectivity index (χ1v) is 8.33. The van der Waals surface area contributed by atoms with E-state index in [1.807, 2.05) is 72.1 Å². The molecule has 0 bridgehead atoms. The van der Waals surface area contributed by atoms with E-state index < -0.39 is 0 Å². The molecule has 1 aromatic heterocycles. The smallest absolute Gasteiger partial charge is 0.174 e. The van der Waals surface area contributed by atoms with Crippen molar-refractivity contribution in [2.75, 3.05) is 11.9 Å². The number of anilines is 1. The Morgan fingerprint density at radius 2 is 1.65 bits per heavy atom. The highest BCUT2D eigenvalue weighted by Gasteiger charge is 2.06. The third kappa shape index (κ3) is 4.44. The summed E-state index contributed by atoms with van der Waals surface area (Å²) in [5.74, 6) is 1.78. The van der Waals surface area contributed by atoms with Crippen molar-refractivity contribution in [3.8, 4) is 11.5 Å². The van der Waals surface area contributed by atoms with E-state index in [1.54, 1.807) is 0 Å². The van der Waals surface area contributed by atoms with E-state index >= 15 is 0 Å². The quantitative estimate of drug-likeness (QED) is 0.605. The lowest BCUT2D eigenvalue weighted by molar-refractivity contribution is 0.0990. The molecule has 0 aliphatic carbocycles. The molecule has 0 spiro atoms. The second-order valence-electron chi connectivity index (χ2n) is 5.02. The lowest BCUT2D eigenvalue weighted by atomic mass is 10.2. The molecule has 1 N–H and O–H groups in total. The van der Waals surface area contributed by atoms with Gasteiger partial charge in [0, 0.05) is 18.7 Å². The van der Waals surface area contributed by atoms with E-state index in [0.29, 0.717) is 13.0 Å². The topological polar surface area (TPSA) is 38.3 Å². The first-order chi connectivity index (χ1) is 11.3. The molecule has 0 amide bonds. The van der Waals surface area contributed by atoms with Crippen molar-refractivity contribution < 1.29 is 9.53 Å². The number of hydrogen-bond donors (Lipinski definition) is 1. The molecular formula is C19H17NO2S. The van der Waals surface area contributed by atoms with Crippen LogP contribution < -0.4 is 10.1 Å². The Hall–Kier alpha value is -2.59. The van der Waals surface area contributed by atoms with Gasteiger partial charge >= 0.3 is 0 Å². The molecular weight excluding hydrogens is 306 g/mol. The number of benzene rings is 2. The zero-order chi connectivity index (χ0) is 15.9. The minimum absolute atomic E-state index is 0.177. The first kappa shape index (κ1) is 15.3. The van der Waals surface area contributed by atoms with Gasteiger partial charge in [0.05, 0.1) is 4.88 Å². The molecule has 0 unspecified atom stereocenters. The summed E-state index contributed by atoms with van der Waals surface area (Å²) < 4.78 is 5.74. The molecule has 0 aliphatic heterocycles. The molecule has 0 atom stereocenters. The number of thiophene rings is 1. The van der Waals surface area contributed by atoms with Crippen molar-refractivity contribution in [2.24, 2.45) is 0 Å². The lowest BCUT2D eigenvalue weighted by Gasteiger charge is -2.08. The third-order valence-electron chi connectivity index (χ3n) is 3.31. The summed E-state index contributed by atoms with van der Waals surface area (Å²) in [5, 5.41) is 5.18. The third-order valence-corrected chi connectivity index (χ3v) is 4.22. The molecule has 0 radical (unpaired) electrons. The highest BCUT2D eigenvalue weighted by Crippen LogP contribution is 2.22. The van der Waals surface area contributed by atoms with Gasteiger partial charge in [-0.25, -0.2) is 0 Å². The highest BCUT2D eigenvalue weighted by molar-refractivity contribution is 7.12. The maximum Gasteiger partial charge on any atom is 0.174 e. The van der Waals surface area contributed by atoms with Crippen LogP contribution in [0.2, 0.25) is 0 Å². The Morgan fingerprint density at radius 3 is 2.35 bits per heavy atom. The van der Waals surface area contributed by atoms with E-state index in [0.717, 1.165) is 22.1 Å². The summed E-state index contributed by atoms with van der Waals surface area (Å²) in [4.78, 5) is 12.7. The molecule has 3 aromatic rings. The number of nitrogens with one attached hydrogen (secondary N) is 1.